The van der Waals surface area contributed by atoms with Gasteiger partial charge in [0, 0.05) is 18.2 Å². The highest BCUT2D eigenvalue weighted by Gasteiger charge is 2.27. The number of halogens is 1. The monoisotopic (exact) mass is 268 g/mol. The molecule has 0 radical (unpaired) electrons. The first-order chi connectivity index (χ1) is 8.97. The summed E-state index contributed by atoms with van der Waals surface area (Å²) in [5, 5.41) is 13.5. The highest BCUT2D eigenvalue weighted by molar-refractivity contribution is 5.81. The number of nitrogens with one attached hydrogen (secondary N) is 1. The van der Waals surface area contributed by atoms with Crippen molar-refractivity contribution in [2.75, 3.05) is 0 Å². The van der Waals surface area contributed by atoms with Gasteiger partial charge in [-0.2, -0.15) is 0 Å². The van der Waals surface area contributed by atoms with Gasteiger partial charge in [0.25, 0.3) is 5.91 Å². The van der Waals surface area contributed by atoms with Crippen LogP contribution in [-0.4, -0.2) is 23.0 Å². The van der Waals surface area contributed by atoms with Crippen LogP contribution in [-0.2, 0) is 4.79 Å². The third kappa shape index (κ3) is 3.40. The molecule has 1 aliphatic carbocycles. The van der Waals surface area contributed by atoms with Crippen LogP contribution in [0.2, 0.25) is 0 Å². The number of rotatable bonds is 5. The predicted molar refractivity (Wildman–Crippen MR) is 64.3 cm³/mol. The maximum Gasteiger partial charge on any atom is 0.311 e. The Bertz CT molecular complexity index is 516. The molecular formula is C12H13FN2O4. The minimum Gasteiger partial charge on any atom is -0.474 e. The molecule has 19 heavy (non-hydrogen) atoms. The first kappa shape index (κ1) is 13.3. The Balaban J connectivity index is 2.10. The smallest absolute Gasteiger partial charge is 0.311 e. The third-order valence-corrected chi connectivity index (χ3v) is 2.72. The molecule has 0 heterocycles. The maximum absolute atomic E-state index is 13.1. The summed E-state index contributed by atoms with van der Waals surface area (Å²) in [6.07, 6.45) is 0.943. The SMILES string of the molecule is C[C@@H](Oc1cc(F)ccc1[N+](=O)[O-])C(=O)NC1CC1. The fourth-order valence-electron chi connectivity index (χ4n) is 1.52. The van der Waals surface area contributed by atoms with Crippen LogP contribution in [0, 0.1) is 15.9 Å². The van der Waals surface area contributed by atoms with E-state index >= 15 is 0 Å². The number of amides is 1. The second-order valence-corrected chi connectivity index (χ2v) is 4.41. The van der Waals surface area contributed by atoms with Gasteiger partial charge in [-0.3, -0.25) is 14.9 Å². The fourth-order valence-corrected chi connectivity index (χ4v) is 1.52. The number of nitro groups is 1. The van der Waals surface area contributed by atoms with E-state index in [0.717, 1.165) is 31.0 Å². The van der Waals surface area contributed by atoms with E-state index in [4.69, 9.17) is 4.74 Å². The van der Waals surface area contributed by atoms with Crippen molar-refractivity contribution in [2.45, 2.75) is 31.9 Å². The molecule has 0 aliphatic heterocycles. The van der Waals surface area contributed by atoms with Gasteiger partial charge < -0.3 is 10.1 Å². The van der Waals surface area contributed by atoms with Gasteiger partial charge in [-0.05, 0) is 25.8 Å². The van der Waals surface area contributed by atoms with Crippen molar-refractivity contribution in [2.24, 2.45) is 0 Å². The van der Waals surface area contributed by atoms with Crippen LogP contribution in [0.4, 0.5) is 10.1 Å². The van der Waals surface area contributed by atoms with E-state index < -0.39 is 16.8 Å². The molecule has 1 aromatic rings. The summed E-state index contributed by atoms with van der Waals surface area (Å²) in [5.74, 6) is -1.26. The quantitative estimate of drug-likeness (QED) is 0.652. The molecule has 1 saturated carbocycles. The van der Waals surface area contributed by atoms with Crippen molar-refractivity contribution < 1.29 is 18.8 Å². The minimum absolute atomic E-state index is 0.168. The Morgan fingerprint density at radius 2 is 2.26 bits per heavy atom. The topological polar surface area (TPSA) is 81.5 Å². The lowest BCUT2D eigenvalue weighted by molar-refractivity contribution is -0.386. The van der Waals surface area contributed by atoms with Gasteiger partial charge in [-0.25, -0.2) is 4.39 Å². The van der Waals surface area contributed by atoms with Crippen molar-refractivity contribution in [3.8, 4) is 5.75 Å². The molecule has 2 rings (SSSR count). The van der Waals surface area contributed by atoms with Crippen LogP contribution >= 0.6 is 0 Å². The number of hydrogen-bond acceptors (Lipinski definition) is 4. The first-order valence-corrected chi connectivity index (χ1v) is 5.88. The van der Waals surface area contributed by atoms with E-state index in [0.29, 0.717) is 0 Å². The fraction of sp³-hybridized carbons (Fsp3) is 0.417. The van der Waals surface area contributed by atoms with Gasteiger partial charge in [0.1, 0.15) is 5.82 Å². The van der Waals surface area contributed by atoms with E-state index in [1.165, 1.54) is 6.92 Å². The van der Waals surface area contributed by atoms with E-state index in [-0.39, 0.29) is 23.4 Å². The average molecular weight is 268 g/mol. The summed E-state index contributed by atoms with van der Waals surface area (Å²) >= 11 is 0. The highest BCUT2D eigenvalue weighted by Crippen LogP contribution is 2.28. The largest absolute Gasteiger partial charge is 0.474 e. The number of nitro benzene ring substituents is 1. The molecule has 1 N–H and O–H groups in total. The Labute approximate surface area is 108 Å². The summed E-state index contributed by atoms with van der Waals surface area (Å²) in [7, 11) is 0. The van der Waals surface area contributed by atoms with Gasteiger partial charge in [0.15, 0.2) is 6.10 Å². The van der Waals surface area contributed by atoms with Crippen LogP contribution in [0.3, 0.4) is 0 Å². The Morgan fingerprint density at radius 3 is 2.84 bits per heavy atom. The number of carbonyl (C=O) groups excluding carboxylic acids is 1. The predicted octanol–water partition coefficient (Wildman–Crippen LogP) is 1.78. The zero-order chi connectivity index (χ0) is 14.0. The van der Waals surface area contributed by atoms with Crippen molar-refractivity contribution in [3.05, 3.63) is 34.1 Å². The molecule has 1 amide bonds. The number of hydrogen-bond donors (Lipinski definition) is 1. The van der Waals surface area contributed by atoms with Crippen molar-refractivity contribution in [1.29, 1.82) is 0 Å². The van der Waals surface area contributed by atoms with Crippen LogP contribution < -0.4 is 10.1 Å². The average Bonchev–Trinajstić information content (AvgIpc) is 3.12. The molecule has 7 heteroatoms. The molecule has 1 aliphatic rings. The second kappa shape index (κ2) is 5.21. The summed E-state index contributed by atoms with van der Waals surface area (Å²) in [4.78, 5) is 21.8. The van der Waals surface area contributed by atoms with Crippen molar-refractivity contribution in [3.63, 3.8) is 0 Å². The lowest BCUT2D eigenvalue weighted by atomic mass is 10.2. The number of nitrogens with zero attached hydrogens (tertiary/aromatic N) is 1. The summed E-state index contributed by atoms with van der Waals surface area (Å²) < 4.78 is 18.3. The normalized spacial score (nSPS) is 15.7. The van der Waals surface area contributed by atoms with E-state index in [2.05, 4.69) is 5.32 Å². The van der Waals surface area contributed by atoms with E-state index in [1.54, 1.807) is 0 Å². The molecule has 0 aromatic heterocycles. The molecule has 0 unspecified atom stereocenters. The molecule has 1 aromatic carbocycles. The van der Waals surface area contributed by atoms with E-state index in [1.807, 2.05) is 0 Å². The highest BCUT2D eigenvalue weighted by atomic mass is 19.1. The van der Waals surface area contributed by atoms with Gasteiger partial charge in [-0.1, -0.05) is 0 Å². The third-order valence-electron chi connectivity index (χ3n) is 2.72. The summed E-state index contributed by atoms with van der Waals surface area (Å²) in [6.45, 7) is 1.46. The van der Waals surface area contributed by atoms with Gasteiger partial charge >= 0.3 is 5.69 Å². The Morgan fingerprint density at radius 1 is 1.58 bits per heavy atom. The molecule has 0 bridgehead atoms. The number of benzene rings is 1. The van der Waals surface area contributed by atoms with Gasteiger partial charge in [0.2, 0.25) is 5.75 Å². The van der Waals surface area contributed by atoms with Crippen LogP contribution in [0.1, 0.15) is 19.8 Å². The van der Waals surface area contributed by atoms with Crippen LogP contribution in [0.5, 0.6) is 5.75 Å². The molecule has 1 atom stereocenters. The number of carbonyl (C=O) groups is 1. The first-order valence-electron chi connectivity index (χ1n) is 5.88. The van der Waals surface area contributed by atoms with Crippen LogP contribution in [0.25, 0.3) is 0 Å². The molecule has 1 fully saturated rings. The standard InChI is InChI=1S/C12H13FN2O4/c1-7(12(16)14-9-3-4-9)19-11-6-8(13)2-5-10(11)15(17)18/h2,5-7,9H,3-4H2,1H3,(H,14,16)/t7-/m1/s1. The molecule has 6 nitrogen and oxygen atoms in total. The molecule has 0 saturated heterocycles. The second-order valence-electron chi connectivity index (χ2n) is 4.41. The van der Waals surface area contributed by atoms with Gasteiger partial charge in [-0.15, -0.1) is 0 Å². The molecule has 0 spiro atoms. The number of ether oxygens (including phenoxy) is 1. The lowest BCUT2D eigenvalue weighted by Crippen LogP contribution is -2.37. The van der Waals surface area contributed by atoms with Crippen molar-refractivity contribution in [1.82, 2.24) is 5.32 Å². The zero-order valence-corrected chi connectivity index (χ0v) is 10.3. The summed E-state index contributed by atoms with van der Waals surface area (Å²) in [6, 6.07) is 3.05. The lowest BCUT2D eigenvalue weighted by Gasteiger charge is -2.14. The molecule has 102 valence electrons. The molecular weight excluding hydrogens is 255 g/mol. The van der Waals surface area contributed by atoms with Gasteiger partial charge in [0.05, 0.1) is 4.92 Å². The van der Waals surface area contributed by atoms with E-state index in [9.17, 15) is 19.3 Å². The van der Waals surface area contributed by atoms with Crippen LogP contribution in [0.15, 0.2) is 18.2 Å². The van der Waals surface area contributed by atoms with Crippen molar-refractivity contribution >= 4 is 11.6 Å². The minimum atomic E-state index is -0.916. The Kier molecular flexibility index (Phi) is 3.64. The maximum atomic E-state index is 13.1. The zero-order valence-electron chi connectivity index (χ0n) is 10.3. The summed E-state index contributed by atoms with van der Waals surface area (Å²) in [5.41, 5.74) is -0.368. The Hall–Kier alpha value is -2.18.